The molecule has 0 bridgehead atoms. The Hall–Kier alpha value is -3.55. The summed E-state index contributed by atoms with van der Waals surface area (Å²) in [5.41, 5.74) is 0.877. The Morgan fingerprint density at radius 2 is 2.00 bits per heavy atom. The minimum atomic E-state index is -0.524. The van der Waals surface area contributed by atoms with E-state index in [4.69, 9.17) is 0 Å². The van der Waals surface area contributed by atoms with E-state index in [2.05, 4.69) is 10.4 Å². The maximum atomic E-state index is 14.2. The third kappa shape index (κ3) is 3.90. The topological polar surface area (TPSA) is 90.1 Å². The van der Waals surface area contributed by atoms with Crippen LogP contribution in [-0.4, -0.2) is 26.7 Å². The van der Waals surface area contributed by atoms with Crippen LogP contribution < -0.4 is 5.32 Å². The number of nitrogens with one attached hydrogen (secondary N) is 1. The van der Waals surface area contributed by atoms with Gasteiger partial charge in [0, 0.05) is 23.7 Å². The van der Waals surface area contributed by atoms with Gasteiger partial charge in [-0.3, -0.25) is 14.9 Å². The van der Waals surface area contributed by atoms with Crippen molar-refractivity contribution in [3.05, 3.63) is 76.2 Å². The van der Waals surface area contributed by atoms with Crippen molar-refractivity contribution in [2.45, 2.75) is 26.3 Å². The van der Waals surface area contributed by atoms with Crippen molar-refractivity contribution in [3.63, 3.8) is 0 Å². The molecular formula is C20H19FN4O3. The van der Waals surface area contributed by atoms with Crippen LogP contribution in [0.1, 0.15) is 30.8 Å². The molecule has 2 aromatic carbocycles. The average molecular weight is 382 g/mol. The van der Waals surface area contributed by atoms with E-state index < -0.39 is 16.6 Å². The van der Waals surface area contributed by atoms with Gasteiger partial charge in [0.1, 0.15) is 11.5 Å². The Labute approximate surface area is 161 Å². The number of carbonyl (C=O) groups excluding carboxylic acids is 1. The highest BCUT2D eigenvalue weighted by molar-refractivity contribution is 5.94. The van der Waals surface area contributed by atoms with Gasteiger partial charge < -0.3 is 5.32 Å². The van der Waals surface area contributed by atoms with Crippen LogP contribution in [0.25, 0.3) is 16.9 Å². The fourth-order valence-corrected chi connectivity index (χ4v) is 2.68. The first-order chi connectivity index (χ1) is 13.4. The lowest BCUT2D eigenvalue weighted by atomic mass is 10.1. The van der Waals surface area contributed by atoms with E-state index >= 15 is 0 Å². The predicted molar refractivity (Wildman–Crippen MR) is 103 cm³/mol. The molecule has 3 rings (SSSR count). The highest BCUT2D eigenvalue weighted by Gasteiger charge is 2.21. The molecule has 0 fully saturated rings. The number of hydrogen-bond acceptors (Lipinski definition) is 4. The molecule has 0 radical (unpaired) electrons. The van der Waals surface area contributed by atoms with Crippen LogP contribution in [-0.2, 0) is 0 Å². The molecule has 1 heterocycles. The molecule has 8 heteroatoms. The Kier molecular flexibility index (Phi) is 5.49. The second kappa shape index (κ2) is 7.99. The van der Waals surface area contributed by atoms with Gasteiger partial charge in [-0.2, -0.15) is 5.10 Å². The summed E-state index contributed by atoms with van der Waals surface area (Å²) in [5.74, 6) is -0.865. The predicted octanol–water partition coefficient (Wildman–Crippen LogP) is 4.11. The summed E-state index contributed by atoms with van der Waals surface area (Å²) in [6.45, 7) is 3.80. The van der Waals surface area contributed by atoms with Gasteiger partial charge in [-0.15, -0.1) is 0 Å². The van der Waals surface area contributed by atoms with Crippen LogP contribution in [0.4, 0.5) is 10.1 Å². The second-order valence-electron chi connectivity index (χ2n) is 6.37. The van der Waals surface area contributed by atoms with Crippen molar-refractivity contribution < 1.29 is 14.1 Å². The number of aromatic nitrogens is 2. The normalized spacial score (nSPS) is 11.8. The fraction of sp³-hybridized carbons (Fsp3) is 0.200. The van der Waals surface area contributed by atoms with Gasteiger partial charge in [-0.05, 0) is 37.6 Å². The van der Waals surface area contributed by atoms with E-state index in [1.807, 2.05) is 13.8 Å². The summed E-state index contributed by atoms with van der Waals surface area (Å²) in [6, 6.07) is 13.3. The number of carbonyl (C=O) groups is 1. The molecule has 1 amide bonds. The highest BCUT2D eigenvalue weighted by Crippen LogP contribution is 2.25. The Morgan fingerprint density at radius 3 is 2.68 bits per heavy atom. The zero-order valence-electron chi connectivity index (χ0n) is 15.4. The van der Waals surface area contributed by atoms with Crippen molar-refractivity contribution in [2.24, 2.45) is 0 Å². The van der Waals surface area contributed by atoms with Gasteiger partial charge in [0.05, 0.1) is 16.3 Å². The molecule has 28 heavy (non-hydrogen) atoms. The van der Waals surface area contributed by atoms with Crippen LogP contribution in [0.2, 0.25) is 0 Å². The van der Waals surface area contributed by atoms with Crippen molar-refractivity contribution in [2.75, 3.05) is 0 Å². The van der Waals surface area contributed by atoms with Crippen LogP contribution in [0.5, 0.6) is 0 Å². The van der Waals surface area contributed by atoms with E-state index in [1.165, 1.54) is 35.0 Å². The van der Waals surface area contributed by atoms with Crippen molar-refractivity contribution >= 4 is 11.6 Å². The number of amides is 1. The number of nitro benzene ring substituents is 1. The third-order valence-corrected chi connectivity index (χ3v) is 4.37. The molecule has 1 N–H and O–H groups in total. The standard InChI is InChI=1S/C20H19FN4O3/c1-3-13(2)22-20(26)19-12-18(16-9-4-5-10-17(16)21)23-24(19)14-7-6-8-15(11-14)25(27)28/h4-13H,3H2,1-2H3,(H,22,26)/t13-/m0/s1. The monoisotopic (exact) mass is 382 g/mol. The lowest BCUT2D eigenvalue weighted by molar-refractivity contribution is -0.384. The first kappa shape index (κ1) is 19.2. The molecule has 0 saturated carbocycles. The van der Waals surface area contributed by atoms with Gasteiger partial charge in [-0.25, -0.2) is 9.07 Å². The summed E-state index contributed by atoms with van der Waals surface area (Å²) in [5, 5.41) is 18.3. The summed E-state index contributed by atoms with van der Waals surface area (Å²) in [4.78, 5) is 23.3. The lowest BCUT2D eigenvalue weighted by Gasteiger charge is -2.12. The van der Waals surface area contributed by atoms with Crippen molar-refractivity contribution in [1.29, 1.82) is 0 Å². The molecule has 1 atom stereocenters. The SMILES string of the molecule is CC[C@H](C)NC(=O)c1cc(-c2ccccc2F)nn1-c1cccc([N+](=O)[O-])c1. The van der Waals surface area contributed by atoms with Crippen LogP contribution in [0.3, 0.4) is 0 Å². The molecule has 3 aromatic rings. The van der Waals surface area contributed by atoms with E-state index in [0.29, 0.717) is 5.69 Å². The highest BCUT2D eigenvalue weighted by atomic mass is 19.1. The number of nitrogens with zero attached hydrogens (tertiary/aromatic N) is 3. The van der Waals surface area contributed by atoms with Crippen LogP contribution in [0.15, 0.2) is 54.6 Å². The van der Waals surface area contributed by atoms with Crippen LogP contribution in [0, 0.1) is 15.9 Å². The van der Waals surface area contributed by atoms with E-state index in [1.54, 1.807) is 24.3 Å². The molecule has 7 nitrogen and oxygen atoms in total. The number of non-ortho nitro benzene ring substituents is 1. The van der Waals surface area contributed by atoms with Crippen molar-refractivity contribution in [1.82, 2.24) is 15.1 Å². The zero-order valence-corrected chi connectivity index (χ0v) is 15.4. The number of halogens is 1. The molecule has 0 aliphatic carbocycles. The van der Waals surface area contributed by atoms with Gasteiger partial charge in [0.25, 0.3) is 11.6 Å². The minimum Gasteiger partial charge on any atom is -0.348 e. The van der Waals surface area contributed by atoms with Crippen molar-refractivity contribution in [3.8, 4) is 16.9 Å². The first-order valence-corrected chi connectivity index (χ1v) is 8.81. The first-order valence-electron chi connectivity index (χ1n) is 8.81. The van der Waals surface area contributed by atoms with E-state index in [9.17, 15) is 19.3 Å². The molecule has 0 aliphatic heterocycles. The summed E-state index contributed by atoms with van der Waals surface area (Å²) in [6.07, 6.45) is 0.733. The zero-order chi connectivity index (χ0) is 20.3. The second-order valence-corrected chi connectivity index (χ2v) is 6.37. The van der Waals surface area contributed by atoms with E-state index in [0.717, 1.165) is 6.42 Å². The maximum absolute atomic E-state index is 14.2. The number of rotatable bonds is 6. The smallest absolute Gasteiger partial charge is 0.271 e. The number of nitro groups is 1. The van der Waals surface area contributed by atoms with Gasteiger partial charge in [0.15, 0.2) is 0 Å². The number of hydrogen-bond donors (Lipinski definition) is 1. The lowest BCUT2D eigenvalue weighted by Crippen LogP contribution is -2.33. The van der Waals surface area contributed by atoms with E-state index in [-0.39, 0.29) is 28.7 Å². The van der Waals surface area contributed by atoms with Gasteiger partial charge in [-0.1, -0.05) is 25.1 Å². The molecule has 0 unspecified atom stereocenters. The molecule has 144 valence electrons. The van der Waals surface area contributed by atoms with Gasteiger partial charge in [0.2, 0.25) is 0 Å². The molecular weight excluding hydrogens is 363 g/mol. The average Bonchev–Trinajstić information content (AvgIpc) is 3.13. The minimum absolute atomic E-state index is 0.0714. The largest absolute Gasteiger partial charge is 0.348 e. The molecule has 0 saturated heterocycles. The third-order valence-electron chi connectivity index (χ3n) is 4.37. The quantitative estimate of drug-likeness (QED) is 0.513. The summed E-state index contributed by atoms with van der Waals surface area (Å²) >= 11 is 0. The molecule has 0 spiro atoms. The Morgan fingerprint density at radius 1 is 1.25 bits per heavy atom. The maximum Gasteiger partial charge on any atom is 0.271 e. The summed E-state index contributed by atoms with van der Waals surface area (Å²) < 4.78 is 15.5. The van der Waals surface area contributed by atoms with Crippen LogP contribution >= 0.6 is 0 Å². The molecule has 1 aromatic heterocycles. The van der Waals surface area contributed by atoms with Gasteiger partial charge >= 0.3 is 0 Å². The fourth-order valence-electron chi connectivity index (χ4n) is 2.68. The summed E-state index contributed by atoms with van der Waals surface area (Å²) in [7, 11) is 0. The number of benzene rings is 2. The Bertz CT molecular complexity index is 1030. The molecule has 0 aliphatic rings. The Balaban J connectivity index is 2.14.